The van der Waals surface area contributed by atoms with Crippen LogP contribution in [-0.2, 0) is 6.42 Å². The quantitative estimate of drug-likeness (QED) is 0.548. The highest BCUT2D eigenvalue weighted by Gasteiger charge is 1.99. The molecule has 0 aliphatic carbocycles. The van der Waals surface area contributed by atoms with E-state index in [9.17, 15) is 0 Å². The van der Waals surface area contributed by atoms with Gasteiger partial charge in [0.15, 0.2) is 0 Å². The molecular formula is C13H20OS. The monoisotopic (exact) mass is 224 g/mol. The van der Waals surface area contributed by atoms with Gasteiger partial charge in [0, 0.05) is 0 Å². The van der Waals surface area contributed by atoms with Crippen LogP contribution in [0.15, 0.2) is 24.3 Å². The van der Waals surface area contributed by atoms with Crippen molar-refractivity contribution in [3.05, 3.63) is 29.8 Å². The van der Waals surface area contributed by atoms with Gasteiger partial charge >= 0.3 is 0 Å². The first kappa shape index (κ1) is 12.4. The summed E-state index contributed by atoms with van der Waals surface area (Å²) in [6.45, 7) is 2.98. The Morgan fingerprint density at radius 3 is 2.67 bits per heavy atom. The lowest BCUT2D eigenvalue weighted by atomic mass is 10.1. The fourth-order valence-electron chi connectivity index (χ4n) is 1.51. The number of hydrogen-bond acceptors (Lipinski definition) is 2. The van der Waals surface area contributed by atoms with Gasteiger partial charge in [-0.3, -0.25) is 0 Å². The number of benzene rings is 1. The van der Waals surface area contributed by atoms with Gasteiger partial charge < -0.3 is 4.74 Å². The van der Waals surface area contributed by atoms with Crippen molar-refractivity contribution in [1.82, 2.24) is 0 Å². The van der Waals surface area contributed by atoms with Crippen LogP contribution < -0.4 is 4.74 Å². The van der Waals surface area contributed by atoms with Crippen LogP contribution in [-0.4, -0.2) is 12.4 Å². The van der Waals surface area contributed by atoms with E-state index in [1.54, 1.807) is 0 Å². The Labute approximate surface area is 98.3 Å². The second-order valence-corrected chi connectivity index (χ2v) is 4.04. The zero-order chi connectivity index (χ0) is 10.9. The van der Waals surface area contributed by atoms with E-state index in [1.165, 1.54) is 18.4 Å². The fourth-order valence-corrected chi connectivity index (χ4v) is 1.73. The van der Waals surface area contributed by atoms with Crippen LogP contribution in [0.4, 0.5) is 0 Å². The van der Waals surface area contributed by atoms with Crippen molar-refractivity contribution in [2.45, 2.75) is 32.6 Å². The van der Waals surface area contributed by atoms with Crippen LogP contribution in [0.2, 0.25) is 0 Å². The third-order valence-corrected chi connectivity index (χ3v) is 2.73. The van der Waals surface area contributed by atoms with Crippen molar-refractivity contribution in [3.63, 3.8) is 0 Å². The lowest BCUT2D eigenvalue weighted by molar-refractivity contribution is 0.303. The van der Waals surface area contributed by atoms with E-state index in [0.29, 0.717) is 0 Å². The lowest BCUT2D eigenvalue weighted by Crippen LogP contribution is -1.99. The molecule has 0 fully saturated rings. The summed E-state index contributed by atoms with van der Waals surface area (Å²) in [7, 11) is 0. The van der Waals surface area contributed by atoms with Crippen LogP contribution in [0.3, 0.4) is 0 Å². The van der Waals surface area contributed by atoms with Crippen LogP contribution in [0.5, 0.6) is 5.75 Å². The predicted molar refractivity (Wildman–Crippen MR) is 69.0 cm³/mol. The third kappa shape index (κ3) is 4.61. The standard InChI is InChI=1S/C13H20OS/c1-2-12-8-4-5-9-13(12)14-10-6-3-7-11-15/h4-5,8-9,15H,2-3,6-7,10-11H2,1H3. The van der Waals surface area contributed by atoms with Crippen molar-refractivity contribution < 1.29 is 4.74 Å². The first-order valence-electron chi connectivity index (χ1n) is 5.70. The van der Waals surface area contributed by atoms with Crippen molar-refractivity contribution in [2.75, 3.05) is 12.4 Å². The van der Waals surface area contributed by atoms with Crippen molar-refractivity contribution >= 4 is 12.6 Å². The number of ether oxygens (including phenoxy) is 1. The first-order chi connectivity index (χ1) is 7.38. The number of hydrogen-bond donors (Lipinski definition) is 1. The molecule has 0 saturated heterocycles. The van der Waals surface area contributed by atoms with Crippen molar-refractivity contribution in [1.29, 1.82) is 0 Å². The Balaban J connectivity index is 2.30. The van der Waals surface area contributed by atoms with E-state index >= 15 is 0 Å². The minimum atomic E-state index is 0.824. The summed E-state index contributed by atoms with van der Waals surface area (Å²) in [5.41, 5.74) is 1.30. The highest BCUT2D eigenvalue weighted by molar-refractivity contribution is 7.80. The number of unbranched alkanes of at least 4 members (excludes halogenated alkanes) is 2. The molecule has 0 N–H and O–H groups in total. The summed E-state index contributed by atoms with van der Waals surface area (Å²) >= 11 is 4.18. The number of aryl methyl sites for hydroxylation is 1. The van der Waals surface area contributed by atoms with Crippen LogP contribution >= 0.6 is 12.6 Å². The van der Waals surface area contributed by atoms with Crippen molar-refractivity contribution in [2.24, 2.45) is 0 Å². The minimum Gasteiger partial charge on any atom is -0.493 e. The molecule has 0 atom stereocenters. The maximum atomic E-state index is 5.75. The Morgan fingerprint density at radius 1 is 1.13 bits per heavy atom. The summed E-state index contributed by atoms with van der Waals surface area (Å²) in [5.74, 6) is 2.02. The first-order valence-corrected chi connectivity index (χ1v) is 6.33. The molecule has 0 unspecified atom stereocenters. The van der Waals surface area contributed by atoms with Gasteiger partial charge in [0.2, 0.25) is 0 Å². The number of rotatable bonds is 7. The highest BCUT2D eigenvalue weighted by Crippen LogP contribution is 2.18. The minimum absolute atomic E-state index is 0.824. The van der Waals surface area contributed by atoms with Gasteiger partial charge in [-0.15, -0.1) is 0 Å². The predicted octanol–water partition coefficient (Wildman–Crippen LogP) is 3.73. The fraction of sp³-hybridized carbons (Fsp3) is 0.538. The molecule has 15 heavy (non-hydrogen) atoms. The molecule has 0 amide bonds. The normalized spacial score (nSPS) is 10.3. The van der Waals surface area contributed by atoms with Gasteiger partial charge in [-0.05, 0) is 43.1 Å². The Hall–Kier alpha value is -0.630. The molecule has 0 aliphatic rings. The van der Waals surface area contributed by atoms with Gasteiger partial charge in [0.1, 0.15) is 5.75 Å². The summed E-state index contributed by atoms with van der Waals surface area (Å²) in [6, 6.07) is 8.27. The summed E-state index contributed by atoms with van der Waals surface area (Å²) < 4.78 is 5.75. The molecule has 0 aromatic heterocycles. The Bertz CT molecular complexity index is 273. The molecule has 0 radical (unpaired) electrons. The lowest BCUT2D eigenvalue weighted by Gasteiger charge is -2.09. The number of thiol groups is 1. The maximum Gasteiger partial charge on any atom is 0.122 e. The molecule has 0 aliphatic heterocycles. The van der Waals surface area contributed by atoms with Gasteiger partial charge in [-0.1, -0.05) is 25.1 Å². The summed E-state index contributed by atoms with van der Waals surface area (Å²) in [6.07, 6.45) is 4.55. The SMILES string of the molecule is CCc1ccccc1OCCCCCS. The second kappa shape index (κ2) is 7.63. The van der Waals surface area contributed by atoms with Gasteiger partial charge in [0.05, 0.1) is 6.61 Å². The zero-order valence-corrected chi connectivity index (χ0v) is 10.3. The maximum absolute atomic E-state index is 5.75. The van der Waals surface area contributed by atoms with E-state index in [2.05, 4.69) is 37.8 Å². The average Bonchev–Trinajstić information content (AvgIpc) is 2.29. The molecule has 1 nitrogen and oxygen atoms in total. The van der Waals surface area contributed by atoms with Crippen LogP contribution in [0.1, 0.15) is 31.7 Å². The molecule has 0 saturated carbocycles. The molecule has 0 spiro atoms. The van der Waals surface area contributed by atoms with Crippen molar-refractivity contribution in [3.8, 4) is 5.75 Å². The topological polar surface area (TPSA) is 9.23 Å². The van der Waals surface area contributed by atoms with Gasteiger partial charge in [-0.25, -0.2) is 0 Å². The van der Waals surface area contributed by atoms with Gasteiger partial charge in [0.25, 0.3) is 0 Å². The molecule has 2 heteroatoms. The van der Waals surface area contributed by atoms with Crippen LogP contribution in [0, 0.1) is 0 Å². The molecule has 1 rings (SSSR count). The largest absolute Gasteiger partial charge is 0.493 e. The second-order valence-electron chi connectivity index (χ2n) is 3.59. The highest BCUT2D eigenvalue weighted by atomic mass is 32.1. The molecule has 1 aromatic carbocycles. The third-order valence-electron chi connectivity index (χ3n) is 2.41. The molecule has 0 bridgehead atoms. The van der Waals surface area contributed by atoms with Crippen LogP contribution in [0.25, 0.3) is 0 Å². The summed E-state index contributed by atoms with van der Waals surface area (Å²) in [5, 5.41) is 0. The molecular weight excluding hydrogens is 204 g/mol. The van der Waals surface area contributed by atoms with E-state index in [4.69, 9.17) is 4.74 Å². The molecule has 1 aromatic rings. The van der Waals surface area contributed by atoms with E-state index in [0.717, 1.165) is 31.0 Å². The Morgan fingerprint density at radius 2 is 1.93 bits per heavy atom. The Kier molecular flexibility index (Phi) is 6.33. The summed E-state index contributed by atoms with van der Waals surface area (Å²) in [4.78, 5) is 0. The smallest absolute Gasteiger partial charge is 0.122 e. The van der Waals surface area contributed by atoms with E-state index in [1.807, 2.05) is 6.07 Å². The zero-order valence-electron chi connectivity index (χ0n) is 9.41. The number of para-hydroxylation sites is 1. The molecule has 0 heterocycles. The molecule has 84 valence electrons. The average molecular weight is 224 g/mol. The van der Waals surface area contributed by atoms with Gasteiger partial charge in [-0.2, -0.15) is 12.6 Å². The van der Waals surface area contributed by atoms with E-state index in [-0.39, 0.29) is 0 Å². The van der Waals surface area contributed by atoms with E-state index < -0.39 is 0 Å².